The summed E-state index contributed by atoms with van der Waals surface area (Å²) in [6.07, 6.45) is 8.80. The lowest BCUT2D eigenvalue weighted by Gasteiger charge is -2.27. The second-order valence-electron chi connectivity index (χ2n) is 6.43. The molecule has 0 aromatic carbocycles. The number of nitrogens with zero attached hydrogens (tertiary/aromatic N) is 3. The summed E-state index contributed by atoms with van der Waals surface area (Å²) in [7, 11) is 0. The van der Waals surface area contributed by atoms with Gasteiger partial charge in [-0.3, -0.25) is 4.79 Å². The fourth-order valence-corrected chi connectivity index (χ4v) is 3.28. The summed E-state index contributed by atoms with van der Waals surface area (Å²) in [5, 5.41) is 3.16. The zero-order valence-corrected chi connectivity index (χ0v) is 13.9. The van der Waals surface area contributed by atoms with Gasteiger partial charge in [-0.2, -0.15) is 0 Å². The summed E-state index contributed by atoms with van der Waals surface area (Å²) in [5.41, 5.74) is 1.33. The van der Waals surface area contributed by atoms with Crippen molar-refractivity contribution in [3.63, 3.8) is 0 Å². The Labute approximate surface area is 137 Å². The van der Waals surface area contributed by atoms with Crippen LogP contribution in [0.1, 0.15) is 54.6 Å². The number of carbonyl (C=O) groups is 1. The molecule has 0 unspecified atom stereocenters. The largest absolute Gasteiger partial charge is 0.378 e. The summed E-state index contributed by atoms with van der Waals surface area (Å²) in [6, 6.07) is 0.295. The van der Waals surface area contributed by atoms with Crippen molar-refractivity contribution in [3.05, 3.63) is 17.5 Å². The van der Waals surface area contributed by atoms with E-state index in [9.17, 15) is 4.79 Å². The molecule has 6 heteroatoms. The molecule has 2 aliphatic rings. The van der Waals surface area contributed by atoms with Crippen molar-refractivity contribution in [1.82, 2.24) is 15.3 Å². The quantitative estimate of drug-likeness (QED) is 0.864. The van der Waals surface area contributed by atoms with Gasteiger partial charge in [0, 0.05) is 25.3 Å². The second-order valence-corrected chi connectivity index (χ2v) is 6.43. The van der Waals surface area contributed by atoms with Gasteiger partial charge in [0.05, 0.1) is 24.5 Å². The van der Waals surface area contributed by atoms with Gasteiger partial charge < -0.3 is 15.0 Å². The molecule has 1 N–H and O–H groups in total. The van der Waals surface area contributed by atoms with E-state index in [0.29, 0.717) is 30.8 Å². The first kappa shape index (κ1) is 16.2. The van der Waals surface area contributed by atoms with Gasteiger partial charge in [-0.1, -0.05) is 25.7 Å². The Bertz CT molecular complexity index is 535. The zero-order valence-electron chi connectivity index (χ0n) is 13.9. The third-order valence-corrected chi connectivity index (χ3v) is 4.70. The molecule has 6 nitrogen and oxygen atoms in total. The molecule has 1 aliphatic heterocycles. The van der Waals surface area contributed by atoms with Crippen molar-refractivity contribution in [2.45, 2.75) is 51.5 Å². The fraction of sp³-hybridized carbons (Fsp3) is 0.706. The predicted octanol–water partition coefficient (Wildman–Crippen LogP) is 2.07. The molecule has 23 heavy (non-hydrogen) atoms. The normalized spacial score (nSPS) is 20.1. The molecule has 1 saturated carbocycles. The lowest BCUT2D eigenvalue weighted by atomic mass is 10.1. The van der Waals surface area contributed by atoms with Crippen LogP contribution in [0.2, 0.25) is 0 Å². The van der Waals surface area contributed by atoms with E-state index in [-0.39, 0.29) is 5.91 Å². The molecular formula is C17H26N4O2. The lowest BCUT2D eigenvalue weighted by Crippen LogP contribution is -2.38. The first-order chi connectivity index (χ1) is 11.2. The monoisotopic (exact) mass is 318 g/mol. The minimum Gasteiger partial charge on any atom is -0.378 e. The van der Waals surface area contributed by atoms with Crippen molar-refractivity contribution >= 4 is 11.9 Å². The Morgan fingerprint density at radius 3 is 2.57 bits per heavy atom. The molecule has 2 heterocycles. The molecule has 126 valence electrons. The fourth-order valence-electron chi connectivity index (χ4n) is 3.28. The topological polar surface area (TPSA) is 67.3 Å². The molecule has 1 aromatic heterocycles. The SMILES string of the molecule is Cc1nc(N2CCOCC2)ncc1C(=O)NC1CCCCCC1. The van der Waals surface area contributed by atoms with Crippen molar-refractivity contribution in [1.29, 1.82) is 0 Å². The van der Waals surface area contributed by atoms with E-state index >= 15 is 0 Å². The number of rotatable bonds is 3. The Morgan fingerprint density at radius 1 is 1.22 bits per heavy atom. The van der Waals surface area contributed by atoms with Gasteiger partial charge >= 0.3 is 0 Å². The number of amides is 1. The van der Waals surface area contributed by atoms with E-state index in [1.165, 1.54) is 25.7 Å². The average molecular weight is 318 g/mol. The highest BCUT2D eigenvalue weighted by Gasteiger charge is 2.20. The number of morpholine rings is 1. The van der Waals surface area contributed by atoms with Crippen LogP contribution in [0.3, 0.4) is 0 Å². The van der Waals surface area contributed by atoms with E-state index in [4.69, 9.17) is 4.74 Å². The number of hydrogen-bond acceptors (Lipinski definition) is 5. The number of carbonyl (C=O) groups excluding carboxylic acids is 1. The number of hydrogen-bond donors (Lipinski definition) is 1. The van der Waals surface area contributed by atoms with Crippen LogP contribution in [0.4, 0.5) is 5.95 Å². The van der Waals surface area contributed by atoms with E-state index in [0.717, 1.165) is 31.6 Å². The molecule has 2 fully saturated rings. The summed E-state index contributed by atoms with van der Waals surface area (Å²) >= 11 is 0. The highest BCUT2D eigenvalue weighted by atomic mass is 16.5. The van der Waals surface area contributed by atoms with Crippen LogP contribution >= 0.6 is 0 Å². The van der Waals surface area contributed by atoms with Gasteiger partial charge in [0.15, 0.2) is 0 Å². The van der Waals surface area contributed by atoms with Crippen LogP contribution in [0.15, 0.2) is 6.20 Å². The summed E-state index contributed by atoms with van der Waals surface area (Å²) in [4.78, 5) is 23.5. The van der Waals surface area contributed by atoms with Gasteiger partial charge in [-0.25, -0.2) is 9.97 Å². The predicted molar refractivity (Wildman–Crippen MR) is 88.8 cm³/mol. The highest BCUT2D eigenvalue weighted by molar-refractivity contribution is 5.95. The summed E-state index contributed by atoms with van der Waals surface area (Å²) < 4.78 is 5.35. The van der Waals surface area contributed by atoms with Crippen LogP contribution < -0.4 is 10.2 Å². The molecular weight excluding hydrogens is 292 g/mol. The van der Waals surface area contributed by atoms with Crippen LogP contribution in [-0.4, -0.2) is 48.2 Å². The first-order valence-electron chi connectivity index (χ1n) is 8.71. The van der Waals surface area contributed by atoms with Crippen molar-refractivity contribution in [2.24, 2.45) is 0 Å². The number of anilines is 1. The standard InChI is InChI=1S/C17H26N4O2/c1-13-15(16(22)20-14-6-4-2-3-5-7-14)12-18-17(19-13)21-8-10-23-11-9-21/h12,14H,2-11H2,1H3,(H,20,22). The van der Waals surface area contributed by atoms with E-state index < -0.39 is 0 Å². The number of nitrogens with one attached hydrogen (secondary N) is 1. The Hall–Kier alpha value is -1.69. The molecule has 0 radical (unpaired) electrons. The van der Waals surface area contributed by atoms with E-state index in [2.05, 4.69) is 20.2 Å². The first-order valence-corrected chi connectivity index (χ1v) is 8.71. The number of ether oxygens (including phenoxy) is 1. The highest BCUT2D eigenvalue weighted by Crippen LogP contribution is 2.18. The number of aryl methyl sites for hydroxylation is 1. The van der Waals surface area contributed by atoms with Gasteiger partial charge in [0.25, 0.3) is 5.91 Å². The maximum atomic E-state index is 12.5. The van der Waals surface area contributed by atoms with Crippen LogP contribution in [0, 0.1) is 6.92 Å². The maximum Gasteiger partial charge on any atom is 0.254 e. The molecule has 1 aliphatic carbocycles. The van der Waals surface area contributed by atoms with Gasteiger partial charge in [-0.05, 0) is 19.8 Å². The van der Waals surface area contributed by atoms with Crippen molar-refractivity contribution in [3.8, 4) is 0 Å². The van der Waals surface area contributed by atoms with Crippen molar-refractivity contribution in [2.75, 3.05) is 31.2 Å². The van der Waals surface area contributed by atoms with Crippen molar-refractivity contribution < 1.29 is 9.53 Å². The third kappa shape index (κ3) is 4.19. The molecule has 0 spiro atoms. The molecule has 1 amide bonds. The maximum absolute atomic E-state index is 12.5. The Kier molecular flexibility index (Phi) is 5.43. The summed E-state index contributed by atoms with van der Waals surface area (Å²) in [6.45, 7) is 4.88. The van der Waals surface area contributed by atoms with Crippen LogP contribution in [-0.2, 0) is 4.74 Å². The summed E-state index contributed by atoms with van der Waals surface area (Å²) in [5.74, 6) is 0.653. The Balaban J connectivity index is 1.65. The smallest absolute Gasteiger partial charge is 0.254 e. The number of aromatic nitrogens is 2. The van der Waals surface area contributed by atoms with Crippen LogP contribution in [0.25, 0.3) is 0 Å². The minimum absolute atomic E-state index is 0.0390. The molecule has 0 atom stereocenters. The van der Waals surface area contributed by atoms with Crippen LogP contribution in [0.5, 0.6) is 0 Å². The third-order valence-electron chi connectivity index (χ3n) is 4.70. The second kappa shape index (κ2) is 7.73. The minimum atomic E-state index is -0.0390. The molecule has 1 aromatic rings. The van der Waals surface area contributed by atoms with E-state index in [1.807, 2.05) is 6.92 Å². The molecule has 3 rings (SSSR count). The molecule has 0 bridgehead atoms. The van der Waals surface area contributed by atoms with E-state index in [1.54, 1.807) is 6.20 Å². The lowest BCUT2D eigenvalue weighted by molar-refractivity contribution is 0.0931. The average Bonchev–Trinajstić information content (AvgIpc) is 2.84. The van der Waals surface area contributed by atoms with Gasteiger partial charge in [-0.15, -0.1) is 0 Å². The molecule has 1 saturated heterocycles. The Morgan fingerprint density at radius 2 is 1.91 bits per heavy atom. The zero-order chi connectivity index (χ0) is 16.1. The van der Waals surface area contributed by atoms with Gasteiger partial charge in [0.2, 0.25) is 5.95 Å². The van der Waals surface area contributed by atoms with Gasteiger partial charge in [0.1, 0.15) is 0 Å².